The molecule has 10 heteroatoms. The Balaban J connectivity index is 2.14. The number of halogens is 2. The molecule has 0 bridgehead atoms. The molecule has 0 saturated carbocycles. The van der Waals surface area contributed by atoms with Crippen LogP contribution in [0, 0.1) is 0 Å². The van der Waals surface area contributed by atoms with E-state index in [9.17, 15) is 17.2 Å². The zero-order chi connectivity index (χ0) is 19.6. The van der Waals surface area contributed by atoms with Gasteiger partial charge in [0, 0.05) is 0 Å². The second-order valence-electron chi connectivity index (χ2n) is 5.34. The van der Waals surface area contributed by atoms with Gasteiger partial charge in [-0.2, -0.15) is 17.2 Å². The van der Waals surface area contributed by atoms with Crippen LogP contribution in [-0.4, -0.2) is 26.7 Å². The number of sulfonamides is 1. The van der Waals surface area contributed by atoms with Crippen LogP contribution in [0.5, 0.6) is 11.5 Å². The molecule has 0 atom stereocenters. The maximum Gasteiger partial charge on any atom is 0.321 e. The molecular weight excluding hydrogens is 398 g/mol. The SMILES string of the molecule is CCOc1ccc(S(=O)(=O)N=c2sc3cc(OC)ccc3n2C(F)F)cc1. The van der Waals surface area contributed by atoms with E-state index in [1.54, 1.807) is 13.0 Å². The lowest BCUT2D eigenvalue weighted by Crippen LogP contribution is -2.17. The third-order valence-electron chi connectivity index (χ3n) is 3.66. The van der Waals surface area contributed by atoms with Gasteiger partial charge in [0.1, 0.15) is 11.5 Å². The summed E-state index contributed by atoms with van der Waals surface area (Å²) in [4.78, 5) is -0.427. The topological polar surface area (TPSA) is 69.9 Å². The summed E-state index contributed by atoms with van der Waals surface area (Å²) in [5.41, 5.74) is 0.177. The van der Waals surface area contributed by atoms with Crippen molar-refractivity contribution in [3.8, 4) is 11.5 Å². The predicted molar refractivity (Wildman–Crippen MR) is 98.0 cm³/mol. The van der Waals surface area contributed by atoms with Gasteiger partial charge in [-0.3, -0.25) is 4.57 Å². The first-order valence-corrected chi connectivity index (χ1v) is 10.1. The number of aromatic nitrogens is 1. The van der Waals surface area contributed by atoms with Crippen molar-refractivity contribution in [1.82, 2.24) is 4.57 Å². The molecule has 0 amide bonds. The summed E-state index contributed by atoms with van der Waals surface area (Å²) < 4.78 is 67.3. The van der Waals surface area contributed by atoms with Gasteiger partial charge in [-0.1, -0.05) is 11.3 Å². The lowest BCUT2D eigenvalue weighted by Gasteiger charge is -2.05. The highest BCUT2D eigenvalue weighted by molar-refractivity contribution is 7.90. The molecule has 1 heterocycles. The van der Waals surface area contributed by atoms with Gasteiger partial charge in [-0.15, -0.1) is 4.40 Å². The van der Waals surface area contributed by atoms with Gasteiger partial charge in [0.25, 0.3) is 10.0 Å². The van der Waals surface area contributed by atoms with E-state index in [-0.39, 0.29) is 15.2 Å². The molecule has 0 spiro atoms. The Kier molecular flexibility index (Phi) is 5.47. The number of benzene rings is 2. The fraction of sp³-hybridized carbons (Fsp3) is 0.235. The smallest absolute Gasteiger partial charge is 0.321 e. The third-order valence-corrected chi connectivity index (χ3v) is 6.07. The summed E-state index contributed by atoms with van der Waals surface area (Å²) in [6.45, 7) is -0.697. The quantitative estimate of drug-likeness (QED) is 0.615. The van der Waals surface area contributed by atoms with Crippen molar-refractivity contribution in [3.63, 3.8) is 0 Å². The van der Waals surface area contributed by atoms with Gasteiger partial charge in [0.2, 0.25) is 4.80 Å². The summed E-state index contributed by atoms with van der Waals surface area (Å²) in [5, 5.41) is 0. The number of hydrogen-bond donors (Lipinski definition) is 0. The van der Waals surface area contributed by atoms with Crippen molar-refractivity contribution >= 4 is 31.6 Å². The molecule has 0 unspecified atom stereocenters. The lowest BCUT2D eigenvalue weighted by molar-refractivity contribution is 0.0723. The van der Waals surface area contributed by atoms with Crippen LogP contribution >= 0.6 is 11.3 Å². The Labute approximate surface area is 158 Å². The van der Waals surface area contributed by atoms with Crippen molar-refractivity contribution < 1.29 is 26.7 Å². The second kappa shape index (κ2) is 7.65. The fourth-order valence-electron chi connectivity index (χ4n) is 2.43. The Morgan fingerprint density at radius 3 is 2.41 bits per heavy atom. The van der Waals surface area contributed by atoms with Crippen molar-refractivity contribution in [3.05, 3.63) is 47.3 Å². The summed E-state index contributed by atoms with van der Waals surface area (Å²) >= 11 is 0.847. The average Bonchev–Trinajstić information content (AvgIpc) is 2.98. The Morgan fingerprint density at radius 1 is 1.15 bits per heavy atom. The summed E-state index contributed by atoms with van der Waals surface area (Å²) in [6, 6.07) is 10.2. The maximum atomic E-state index is 13.6. The zero-order valence-electron chi connectivity index (χ0n) is 14.4. The summed E-state index contributed by atoms with van der Waals surface area (Å²) in [5.74, 6) is 0.985. The van der Waals surface area contributed by atoms with E-state index in [4.69, 9.17) is 9.47 Å². The highest BCUT2D eigenvalue weighted by Crippen LogP contribution is 2.27. The lowest BCUT2D eigenvalue weighted by atomic mass is 10.3. The molecule has 1 aromatic heterocycles. The minimum atomic E-state index is -4.17. The van der Waals surface area contributed by atoms with Gasteiger partial charge in [0.05, 0.1) is 28.8 Å². The molecular formula is C17H16F2N2O4S2. The summed E-state index contributed by atoms with van der Waals surface area (Å²) in [7, 11) is -2.71. The van der Waals surface area contributed by atoms with E-state index in [1.165, 1.54) is 43.5 Å². The highest BCUT2D eigenvalue weighted by Gasteiger charge is 2.19. The minimum absolute atomic E-state index is 0.109. The van der Waals surface area contributed by atoms with Gasteiger partial charge >= 0.3 is 6.55 Å². The summed E-state index contributed by atoms with van der Waals surface area (Å²) in [6.07, 6.45) is 0. The molecule has 0 aliphatic rings. The fourth-order valence-corrected chi connectivity index (χ4v) is 4.68. The van der Waals surface area contributed by atoms with E-state index in [0.29, 0.717) is 27.4 Å². The molecule has 0 aliphatic carbocycles. The monoisotopic (exact) mass is 414 g/mol. The first-order valence-electron chi connectivity index (χ1n) is 7.87. The van der Waals surface area contributed by atoms with Gasteiger partial charge in [-0.25, -0.2) is 0 Å². The van der Waals surface area contributed by atoms with Gasteiger partial charge < -0.3 is 9.47 Å². The van der Waals surface area contributed by atoms with Crippen molar-refractivity contribution in [2.75, 3.05) is 13.7 Å². The second-order valence-corrected chi connectivity index (χ2v) is 7.95. The van der Waals surface area contributed by atoms with Crippen LogP contribution in [0.2, 0.25) is 0 Å². The molecule has 0 fully saturated rings. The van der Waals surface area contributed by atoms with E-state index in [0.717, 1.165) is 11.3 Å². The molecule has 2 aromatic carbocycles. The third kappa shape index (κ3) is 3.96. The number of nitrogens with zero attached hydrogens (tertiary/aromatic N) is 2. The standard InChI is InChI=1S/C17H16F2N2O4S2/c1-3-25-11-4-7-13(8-5-11)27(22,23)20-17-21(16(18)19)14-9-6-12(24-2)10-15(14)26-17/h4-10,16H,3H2,1-2H3. The zero-order valence-corrected chi connectivity index (χ0v) is 16.1. The highest BCUT2D eigenvalue weighted by atomic mass is 32.2. The van der Waals surface area contributed by atoms with E-state index >= 15 is 0 Å². The van der Waals surface area contributed by atoms with Gasteiger partial charge in [-0.05, 0) is 49.4 Å². The van der Waals surface area contributed by atoms with Crippen LogP contribution in [0.15, 0.2) is 51.8 Å². The van der Waals surface area contributed by atoms with Crippen molar-refractivity contribution in [2.45, 2.75) is 18.4 Å². The average molecular weight is 414 g/mol. The molecule has 3 rings (SSSR count). The largest absolute Gasteiger partial charge is 0.497 e. The van der Waals surface area contributed by atoms with Crippen molar-refractivity contribution in [1.29, 1.82) is 0 Å². The number of ether oxygens (including phenoxy) is 2. The molecule has 0 saturated heterocycles. The number of alkyl halides is 2. The first-order chi connectivity index (χ1) is 12.9. The number of rotatable bonds is 6. The Morgan fingerprint density at radius 2 is 1.81 bits per heavy atom. The van der Waals surface area contributed by atoms with E-state index < -0.39 is 16.6 Å². The normalized spacial score (nSPS) is 12.7. The van der Waals surface area contributed by atoms with Gasteiger partial charge in [0.15, 0.2) is 0 Å². The number of fused-ring (bicyclic) bond motifs is 1. The first kappa shape index (κ1) is 19.3. The van der Waals surface area contributed by atoms with Crippen LogP contribution in [0.25, 0.3) is 10.2 Å². The van der Waals surface area contributed by atoms with E-state index in [1.807, 2.05) is 0 Å². The Hall–Kier alpha value is -2.46. The van der Waals surface area contributed by atoms with Crippen molar-refractivity contribution in [2.24, 2.45) is 4.40 Å². The molecule has 3 aromatic rings. The van der Waals surface area contributed by atoms with Crippen LogP contribution < -0.4 is 14.3 Å². The minimum Gasteiger partial charge on any atom is -0.497 e. The maximum absolute atomic E-state index is 13.6. The predicted octanol–water partition coefficient (Wildman–Crippen LogP) is 3.79. The molecule has 0 aliphatic heterocycles. The Bertz CT molecular complexity index is 1120. The van der Waals surface area contributed by atoms with Crippen LogP contribution in [0.3, 0.4) is 0 Å². The molecule has 27 heavy (non-hydrogen) atoms. The van der Waals surface area contributed by atoms with Crippen LogP contribution in [0.1, 0.15) is 13.5 Å². The molecule has 144 valence electrons. The van der Waals surface area contributed by atoms with E-state index in [2.05, 4.69) is 4.40 Å². The molecule has 6 nitrogen and oxygen atoms in total. The molecule has 0 radical (unpaired) electrons. The number of methoxy groups -OCH3 is 1. The van der Waals surface area contributed by atoms with Crippen LogP contribution in [-0.2, 0) is 10.0 Å². The molecule has 0 N–H and O–H groups in total. The number of hydrogen-bond acceptors (Lipinski definition) is 5. The van der Waals surface area contributed by atoms with Crippen LogP contribution in [0.4, 0.5) is 8.78 Å². The number of thiazole rings is 1.